The van der Waals surface area contributed by atoms with Gasteiger partial charge in [-0.15, -0.1) is 0 Å². The molecule has 0 aliphatic rings. The number of pyridine rings is 1. The normalized spacial score (nSPS) is 10.1. The highest BCUT2D eigenvalue weighted by Gasteiger charge is 2.15. The van der Waals surface area contributed by atoms with E-state index >= 15 is 0 Å². The van der Waals surface area contributed by atoms with Crippen molar-refractivity contribution in [1.82, 2.24) is 25.1 Å². The Bertz CT molecular complexity index is 925. The summed E-state index contributed by atoms with van der Waals surface area (Å²) in [6, 6.07) is 13.4. The van der Waals surface area contributed by atoms with Gasteiger partial charge in [-0.1, -0.05) is 37.0 Å². The Morgan fingerprint density at radius 1 is 1.15 bits per heavy atom. The Morgan fingerprint density at radius 2 is 1.93 bits per heavy atom. The fourth-order valence-electron chi connectivity index (χ4n) is 2.58. The second-order valence-corrected chi connectivity index (χ2v) is 6.00. The lowest BCUT2D eigenvalue weighted by molar-refractivity contribution is -0.130. The third kappa shape index (κ3) is 5.25. The molecule has 6 heteroatoms. The number of aromatic amines is 1. The molecule has 0 atom stereocenters. The molecule has 0 fully saturated rings. The average Bonchev–Trinajstić information content (AvgIpc) is 3.17. The van der Waals surface area contributed by atoms with Crippen molar-refractivity contribution in [2.24, 2.45) is 0 Å². The molecule has 0 aliphatic heterocycles. The number of nitrogens with zero attached hydrogens (tertiary/aromatic N) is 4. The van der Waals surface area contributed by atoms with Gasteiger partial charge in [0, 0.05) is 30.1 Å². The molecule has 2 aromatic heterocycles. The van der Waals surface area contributed by atoms with Gasteiger partial charge in [0.25, 0.3) is 0 Å². The molecule has 0 radical (unpaired) electrons. The first-order valence-corrected chi connectivity index (χ1v) is 8.89. The Balaban J connectivity index is 1.63. The molecule has 2 heterocycles. The molecule has 1 amide bonds. The zero-order valence-electron chi connectivity index (χ0n) is 15.2. The largest absolute Gasteiger partial charge is 0.331 e. The summed E-state index contributed by atoms with van der Waals surface area (Å²) >= 11 is 0. The number of hydrogen-bond acceptors (Lipinski definition) is 4. The number of carbonyl (C=O) groups is 1. The van der Waals surface area contributed by atoms with Gasteiger partial charge in [0.2, 0.25) is 5.91 Å². The Hall–Kier alpha value is -3.46. The number of rotatable bonds is 6. The third-order valence-corrected chi connectivity index (χ3v) is 3.91. The summed E-state index contributed by atoms with van der Waals surface area (Å²) in [5, 5.41) is 7.03. The minimum atomic E-state index is -0.0170. The first-order chi connectivity index (χ1) is 13.3. The number of carbonyl (C=O) groups excluding carboxylic acids is 1. The summed E-state index contributed by atoms with van der Waals surface area (Å²) in [6.07, 6.45) is 4.42. The van der Waals surface area contributed by atoms with Gasteiger partial charge >= 0.3 is 0 Å². The van der Waals surface area contributed by atoms with E-state index in [9.17, 15) is 4.79 Å². The van der Waals surface area contributed by atoms with Crippen molar-refractivity contribution >= 4 is 5.91 Å². The van der Waals surface area contributed by atoms with Crippen LogP contribution in [0, 0.1) is 11.8 Å². The highest BCUT2D eigenvalue weighted by molar-refractivity contribution is 5.78. The first kappa shape index (κ1) is 18.3. The van der Waals surface area contributed by atoms with E-state index in [4.69, 9.17) is 0 Å². The first-order valence-electron chi connectivity index (χ1n) is 8.89. The van der Waals surface area contributed by atoms with Crippen LogP contribution in [0.4, 0.5) is 0 Å². The number of nitrogens with one attached hydrogen (secondary N) is 1. The molecular formula is C21H21N5O. The molecule has 0 spiro atoms. The maximum atomic E-state index is 12.7. The van der Waals surface area contributed by atoms with Gasteiger partial charge in [-0.05, 0) is 30.7 Å². The fraction of sp³-hybridized carbons (Fsp3) is 0.238. The van der Waals surface area contributed by atoms with Gasteiger partial charge in [-0.2, -0.15) is 5.10 Å². The summed E-state index contributed by atoms with van der Waals surface area (Å²) in [5.41, 5.74) is 1.80. The molecule has 6 nitrogen and oxygen atoms in total. The van der Waals surface area contributed by atoms with E-state index in [-0.39, 0.29) is 12.3 Å². The number of benzene rings is 1. The number of hydrogen-bond donors (Lipinski definition) is 1. The van der Waals surface area contributed by atoms with Gasteiger partial charge in [-0.3, -0.25) is 14.9 Å². The molecule has 27 heavy (non-hydrogen) atoms. The minimum absolute atomic E-state index is 0.0170. The number of aromatic nitrogens is 4. The molecular weight excluding hydrogens is 338 g/mol. The van der Waals surface area contributed by atoms with Crippen molar-refractivity contribution in [2.75, 3.05) is 13.1 Å². The highest BCUT2D eigenvalue weighted by atomic mass is 16.2. The molecule has 1 N–H and O–H groups in total. The lowest BCUT2D eigenvalue weighted by Gasteiger charge is -2.18. The highest BCUT2D eigenvalue weighted by Crippen LogP contribution is 2.12. The van der Waals surface area contributed by atoms with Crippen LogP contribution >= 0.6 is 0 Å². The van der Waals surface area contributed by atoms with E-state index in [1.165, 1.54) is 0 Å². The smallest absolute Gasteiger partial charge is 0.231 e. The van der Waals surface area contributed by atoms with Gasteiger partial charge in [0.05, 0.1) is 13.0 Å². The van der Waals surface area contributed by atoms with Crippen LogP contribution < -0.4 is 0 Å². The lowest BCUT2D eigenvalue weighted by atomic mass is 10.2. The van der Waals surface area contributed by atoms with Crippen LogP contribution in [0.2, 0.25) is 0 Å². The van der Waals surface area contributed by atoms with Crippen molar-refractivity contribution in [1.29, 1.82) is 0 Å². The van der Waals surface area contributed by atoms with Crippen molar-refractivity contribution in [3.8, 4) is 23.2 Å². The van der Waals surface area contributed by atoms with E-state index in [2.05, 4.69) is 32.0 Å². The molecule has 3 rings (SSSR count). The Labute approximate surface area is 158 Å². The van der Waals surface area contributed by atoms with E-state index < -0.39 is 0 Å². The van der Waals surface area contributed by atoms with Crippen molar-refractivity contribution < 1.29 is 4.79 Å². The minimum Gasteiger partial charge on any atom is -0.331 e. The van der Waals surface area contributed by atoms with Crippen molar-refractivity contribution in [3.05, 3.63) is 66.2 Å². The average molecular weight is 359 g/mol. The van der Waals surface area contributed by atoms with Crippen LogP contribution in [0.5, 0.6) is 0 Å². The van der Waals surface area contributed by atoms with Crippen LogP contribution in [0.1, 0.15) is 24.7 Å². The summed E-state index contributed by atoms with van der Waals surface area (Å²) in [7, 11) is 0. The zero-order chi connectivity index (χ0) is 18.9. The second kappa shape index (κ2) is 9.30. The van der Waals surface area contributed by atoms with E-state index in [0.29, 0.717) is 24.7 Å². The number of H-pyrrole nitrogens is 1. The summed E-state index contributed by atoms with van der Waals surface area (Å²) in [5.74, 6) is 7.27. The van der Waals surface area contributed by atoms with E-state index in [1.54, 1.807) is 17.3 Å². The standard InChI is InChI=1S/C21H21N5O/c1-2-14-26(15-6-9-17-7-4-3-5-8-17)20(27)16-19-23-21(25-24-19)18-10-12-22-13-11-18/h3-5,7-8,10-13H,2,14-16H2,1H3,(H,23,24,25). The molecule has 0 unspecified atom stereocenters. The van der Waals surface area contributed by atoms with Crippen LogP contribution in [-0.4, -0.2) is 44.1 Å². The Morgan fingerprint density at radius 3 is 2.67 bits per heavy atom. The van der Waals surface area contributed by atoms with Crippen molar-refractivity contribution in [3.63, 3.8) is 0 Å². The monoisotopic (exact) mass is 359 g/mol. The van der Waals surface area contributed by atoms with Crippen molar-refractivity contribution in [2.45, 2.75) is 19.8 Å². The maximum Gasteiger partial charge on any atom is 0.231 e. The van der Waals surface area contributed by atoms with Gasteiger partial charge < -0.3 is 4.90 Å². The van der Waals surface area contributed by atoms with Crippen LogP contribution in [0.3, 0.4) is 0 Å². The SMILES string of the molecule is CCCN(CC#Cc1ccccc1)C(=O)Cc1nc(-c2ccncc2)n[nH]1. The van der Waals surface area contributed by atoms with Crippen LogP contribution in [0.25, 0.3) is 11.4 Å². The zero-order valence-corrected chi connectivity index (χ0v) is 15.2. The lowest BCUT2D eigenvalue weighted by Crippen LogP contribution is -2.33. The predicted molar refractivity (Wildman–Crippen MR) is 104 cm³/mol. The maximum absolute atomic E-state index is 12.7. The summed E-state index contributed by atoms with van der Waals surface area (Å²) in [6.45, 7) is 3.10. The summed E-state index contributed by atoms with van der Waals surface area (Å²) < 4.78 is 0. The quantitative estimate of drug-likeness (QED) is 0.687. The topological polar surface area (TPSA) is 74.8 Å². The molecule has 0 saturated heterocycles. The fourth-order valence-corrected chi connectivity index (χ4v) is 2.58. The Kier molecular flexibility index (Phi) is 6.31. The molecule has 136 valence electrons. The molecule has 1 aromatic carbocycles. The molecule has 0 saturated carbocycles. The van der Waals surface area contributed by atoms with Crippen LogP contribution in [0.15, 0.2) is 54.9 Å². The molecule has 0 bridgehead atoms. The van der Waals surface area contributed by atoms with E-state index in [0.717, 1.165) is 17.5 Å². The summed E-state index contributed by atoms with van der Waals surface area (Å²) in [4.78, 5) is 22.8. The van der Waals surface area contributed by atoms with Gasteiger partial charge in [-0.25, -0.2) is 4.98 Å². The van der Waals surface area contributed by atoms with Crippen LogP contribution in [-0.2, 0) is 11.2 Å². The molecule has 0 aliphatic carbocycles. The predicted octanol–water partition coefficient (Wildman–Crippen LogP) is 2.70. The van der Waals surface area contributed by atoms with E-state index in [1.807, 2.05) is 49.4 Å². The second-order valence-electron chi connectivity index (χ2n) is 6.00. The van der Waals surface area contributed by atoms with Gasteiger partial charge in [0.1, 0.15) is 5.82 Å². The number of amides is 1. The third-order valence-electron chi connectivity index (χ3n) is 3.91. The van der Waals surface area contributed by atoms with Gasteiger partial charge in [0.15, 0.2) is 5.82 Å². The molecule has 3 aromatic rings.